The maximum atomic E-state index is 6.69. The largest absolute Gasteiger partial charge is 0.325 e. The first-order valence-electron chi connectivity index (χ1n) is 7.81. The first kappa shape index (κ1) is 14.6. The van der Waals surface area contributed by atoms with E-state index in [1.807, 2.05) is 11.7 Å². The lowest BCUT2D eigenvalue weighted by atomic mass is 9.86. The van der Waals surface area contributed by atoms with Crippen molar-refractivity contribution in [3.63, 3.8) is 0 Å². The van der Waals surface area contributed by atoms with Crippen LogP contribution in [0.3, 0.4) is 0 Å². The quantitative estimate of drug-likeness (QED) is 0.847. The highest BCUT2D eigenvalue weighted by molar-refractivity contribution is 5.12. The van der Waals surface area contributed by atoms with Gasteiger partial charge in [0.1, 0.15) is 0 Å². The molecule has 1 aliphatic carbocycles. The van der Waals surface area contributed by atoms with Crippen LogP contribution < -0.4 is 5.73 Å². The average Bonchev–Trinajstić information content (AvgIpc) is 2.54. The standard InChI is InChI=1S/C16H29N3/c1-4-6-14-7-5-9-16(17,10-8-14)12-15-11-13(2)18-19(15)3/h11,14H,4-10,12,17H2,1-3H3. The van der Waals surface area contributed by atoms with Gasteiger partial charge in [0.15, 0.2) is 0 Å². The third-order valence-corrected chi connectivity index (χ3v) is 4.67. The van der Waals surface area contributed by atoms with Crippen molar-refractivity contribution in [1.82, 2.24) is 9.78 Å². The van der Waals surface area contributed by atoms with Crippen molar-refractivity contribution >= 4 is 0 Å². The number of nitrogens with two attached hydrogens (primary N) is 1. The lowest BCUT2D eigenvalue weighted by molar-refractivity contribution is 0.348. The van der Waals surface area contributed by atoms with E-state index in [0.717, 1.165) is 24.5 Å². The van der Waals surface area contributed by atoms with Crippen molar-refractivity contribution in [2.75, 3.05) is 0 Å². The van der Waals surface area contributed by atoms with E-state index >= 15 is 0 Å². The molecule has 108 valence electrons. The maximum Gasteiger partial charge on any atom is 0.0596 e. The molecule has 0 aliphatic heterocycles. The number of hydrogen-bond acceptors (Lipinski definition) is 2. The van der Waals surface area contributed by atoms with E-state index in [9.17, 15) is 0 Å². The summed E-state index contributed by atoms with van der Waals surface area (Å²) in [5.41, 5.74) is 9.06. The van der Waals surface area contributed by atoms with Crippen LogP contribution in [0, 0.1) is 12.8 Å². The molecule has 0 radical (unpaired) electrons. The van der Waals surface area contributed by atoms with Crippen LogP contribution in [0.5, 0.6) is 0 Å². The molecule has 3 nitrogen and oxygen atoms in total. The predicted molar refractivity (Wildman–Crippen MR) is 80.1 cm³/mol. The number of rotatable bonds is 4. The molecule has 0 spiro atoms. The lowest BCUT2D eigenvalue weighted by Gasteiger charge is -2.28. The predicted octanol–water partition coefficient (Wildman–Crippen LogP) is 3.35. The van der Waals surface area contributed by atoms with Crippen molar-refractivity contribution in [3.8, 4) is 0 Å². The molecular weight excluding hydrogens is 234 g/mol. The fourth-order valence-electron chi connectivity index (χ4n) is 3.57. The molecule has 1 heterocycles. The first-order chi connectivity index (χ1) is 9.02. The van der Waals surface area contributed by atoms with Gasteiger partial charge in [0.2, 0.25) is 0 Å². The Labute approximate surface area is 117 Å². The van der Waals surface area contributed by atoms with Gasteiger partial charge in [-0.2, -0.15) is 5.10 Å². The first-order valence-corrected chi connectivity index (χ1v) is 7.81. The molecule has 1 aliphatic rings. The van der Waals surface area contributed by atoms with Gasteiger partial charge in [-0.05, 0) is 38.2 Å². The van der Waals surface area contributed by atoms with E-state index in [4.69, 9.17) is 5.73 Å². The summed E-state index contributed by atoms with van der Waals surface area (Å²) in [6.07, 6.45) is 9.96. The summed E-state index contributed by atoms with van der Waals surface area (Å²) < 4.78 is 2.00. The van der Waals surface area contributed by atoms with Crippen LogP contribution in [-0.2, 0) is 13.5 Å². The van der Waals surface area contributed by atoms with Gasteiger partial charge in [0, 0.05) is 24.7 Å². The molecule has 3 heteroatoms. The van der Waals surface area contributed by atoms with Gasteiger partial charge in [-0.3, -0.25) is 4.68 Å². The maximum absolute atomic E-state index is 6.69. The van der Waals surface area contributed by atoms with E-state index < -0.39 is 0 Å². The Hall–Kier alpha value is -0.830. The van der Waals surface area contributed by atoms with E-state index in [2.05, 4.69) is 25.0 Å². The minimum Gasteiger partial charge on any atom is -0.325 e. The second-order valence-corrected chi connectivity index (χ2v) is 6.53. The fraction of sp³-hybridized carbons (Fsp3) is 0.812. The summed E-state index contributed by atoms with van der Waals surface area (Å²) >= 11 is 0. The smallest absolute Gasteiger partial charge is 0.0596 e. The highest BCUT2D eigenvalue weighted by Gasteiger charge is 2.30. The number of hydrogen-bond donors (Lipinski definition) is 1. The minimum absolute atomic E-state index is 0.0112. The topological polar surface area (TPSA) is 43.8 Å². The minimum atomic E-state index is -0.0112. The van der Waals surface area contributed by atoms with Crippen molar-refractivity contribution in [3.05, 3.63) is 17.5 Å². The summed E-state index contributed by atoms with van der Waals surface area (Å²) in [6, 6.07) is 2.18. The Morgan fingerprint density at radius 1 is 1.42 bits per heavy atom. The van der Waals surface area contributed by atoms with E-state index in [1.54, 1.807) is 0 Å². The zero-order chi connectivity index (χ0) is 13.9. The number of aryl methyl sites for hydroxylation is 2. The van der Waals surface area contributed by atoms with Crippen molar-refractivity contribution in [1.29, 1.82) is 0 Å². The van der Waals surface area contributed by atoms with Crippen molar-refractivity contribution < 1.29 is 0 Å². The van der Waals surface area contributed by atoms with Crippen LogP contribution in [0.15, 0.2) is 6.07 Å². The van der Waals surface area contributed by atoms with Gasteiger partial charge in [-0.1, -0.05) is 32.6 Å². The Balaban J connectivity index is 2.00. The Bertz CT molecular complexity index is 410. The van der Waals surface area contributed by atoms with Gasteiger partial charge in [-0.15, -0.1) is 0 Å². The SMILES string of the molecule is CCCC1CCCC(N)(Cc2cc(C)nn2C)CC1. The highest BCUT2D eigenvalue weighted by Crippen LogP contribution is 2.33. The van der Waals surface area contributed by atoms with Crippen LogP contribution in [0.4, 0.5) is 0 Å². The van der Waals surface area contributed by atoms with Gasteiger partial charge in [-0.25, -0.2) is 0 Å². The van der Waals surface area contributed by atoms with Crippen LogP contribution in [0.25, 0.3) is 0 Å². The number of nitrogens with zero attached hydrogens (tertiary/aromatic N) is 2. The molecule has 0 amide bonds. The molecule has 0 saturated heterocycles. The molecule has 0 aromatic carbocycles. The second kappa shape index (κ2) is 6.08. The average molecular weight is 263 g/mol. The van der Waals surface area contributed by atoms with Crippen LogP contribution in [-0.4, -0.2) is 15.3 Å². The zero-order valence-electron chi connectivity index (χ0n) is 12.8. The molecule has 2 rings (SSSR count). The molecule has 1 saturated carbocycles. The highest BCUT2D eigenvalue weighted by atomic mass is 15.3. The zero-order valence-corrected chi connectivity index (χ0v) is 12.8. The summed E-state index contributed by atoms with van der Waals surface area (Å²) in [6.45, 7) is 4.34. The molecule has 19 heavy (non-hydrogen) atoms. The fourth-order valence-corrected chi connectivity index (χ4v) is 3.57. The Morgan fingerprint density at radius 3 is 2.84 bits per heavy atom. The summed E-state index contributed by atoms with van der Waals surface area (Å²) in [5.74, 6) is 0.906. The third-order valence-electron chi connectivity index (χ3n) is 4.67. The van der Waals surface area contributed by atoms with Crippen molar-refractivity contribution in [2.24, 2.45) is 18.7 Å². The van der Waals surface area contributed by atoms with Crippen LogP contribution >= 0.6 is 0 Å². The van der Waals surface area contributed by atoms with Gasteiger partial charge in [0.05, 0.1) is 5.69 Å². The molecule has 2 N–H and O–H groups in total. The third kappa shape index (κ3) is 3.82. The van der Waals surface area contributed by atoms with Crippen molar-refractivity contribution in [2.45, 2.75) is 70.8 Å². The van der Waals surface area contributed by atoms with E-state index in [-0.39, 0.29) is 5.54 Å². The van der Waals surface area contributed by atoms with Crippen LogP contribution in [0.2, 0.25) is 0 Å². The van der Waals surface area contributed by atoms with E-state index in [1.165, 1.54) is 44.2 Å². The Morgan fingerprint density at radius 2 is 2.21 bits per heavy atom. The summed E-state index contributed by atoms with van der Waals surface area (Å²) in [5, 5.41) is 4.44. The normalized spacial score (nSPS) is 28.3. The van der Waals surface area contributed by atoms with Gasteiger partial charge >= 0.3 is 0 Å². The lowest BCUT2D eigenvalue weighted by Crippen LogP contribution is -2.42. The second-order valence-electron chi connectivity index (χ2n) is 6.53. The number of aromatic nitrogens is 2. The van der Waals surface area contributed by atoms with E-state index in [0.29, 0.717) is 0 Å². The molecular formula is C16H29N3. The van der Waals surface area contributed by atoms with Gasteiger partial charge < -0.3 is 5.73 Å². The van der Waals surface area contributed by atoms with Crippen LogP contribution in [0.1, 0.15) is 63.3 Å². The molecule has 2 unspecified atom stereocenters. The molecule has 1 fully saturated rings. The summed E-state index contributed by atoms with van der Waals surface area (Å²) in [7, 11) is 2.03. The molecule has 0 bridgehead atoms. The monoisotopic (exact) mass is 263 g/mol. The molecule has 1 aromatic rings. The molecule has 2 atom stereocenters. The Kier molecular flexibility index (Phi) is 4.67. The summed E-state index contributed by atoms with van der Waals surface area (Å²) in [4.78, 5) is 0. The van der Waals surface area contributed by atoms with Gasteiger partial charge in [0.25, 0.3) is 0 Å². The molecule has 1 aromatic heterocycles.